The van der Waals surface area contributed by atoms with Crippen molar-refractivity contribution < 1.29 is 9.53 Å². The number of pyridine rings is 1. The first-order chi connectivity index (χ1) is 10.6. The Bertz CT molecular complexity index is 734. The van der Waals surface area contributed by atoms with Gasteiger partial charge in [0.05, 0.1) is 12.1 Å². The van der Waals surface area contributed by atoms with E-state index in [0.717, 1.165) is 29.4 Å². The van der Waals surface area contributed by atoms with Crippen LogP contribution in [0.15, 0.2) is 18.2 Å². The predicted octanol–water partition coefficient (Wildman–Crippen LogP) is 4.18. The molecule has 0 saturated heterocycles. The van der Waals surface area contributed by atoms with Crippen LogP contribution in [0.5, 0.6) is 0 Å². The molecule has 23 heavy (non-hydrogen) atoms. The number of carbonyl (C=O) groups is 1. The van der Waals surface area contributed by atoms with Gasteiger partial charge in [-0.1, -0.05) is 17.7 Å². The molecule has 1 aromatic heterocycles. The van der Waals surface area contributed by atoms with Gasteiger partial charge in [0.1, 0.15) is 0 Å². The fraction of sp³-hybridized carbons (Fsp3) is 0.412. The summed E-state index contributed by atoms with van der Waals surface area (Å²) in [6.07, 6.45) is 1.32. The Kier molecular flexibility index (Phi) is 5.71. The second kappa shape index (κ2) is 7.37. The van der Waals surface area contributed by atoms with Gasteiger partial charge in [-0.05, 0) is 43.5 Å². The van der Waals surface area contributed by atoms with E-state index in [0.29, 0.717) is 24.7 Å². The molecule has 3 rings (SSSR count). The summed E-state index contributed by atoms with van der Waals surface area (Å²) >= 11 is 6.08. The van der Waals surface area contributed by atoms with Crippen molar-refractivity contribution in [3.63, 3.8) is 0 Å². The number of rotatable bonds is 1. The second-order valence-electron chi connectivity index (χ2n) is 5.51. The molecule has 1 amide bonds. The fourth-order valence-corrected chi connectivity index (χ4v) is 3.21. The second-order valence-corrected chi connectivity index (χ2v) is 5.95. The Morgan fingerprint density at radius 3 is 2.83 bits per heavy atom. The normalized spacial score (nSPS) is 14.0. The number of aryl methyl sites for hydroxylation is 1. The summed E-state index contributed by atoms with van der Waals surface area (Å²) in [6, 6.07) is 5.82. The van der Waals surface area contributed by atoms with Gasteiger partial charge >= 0.3 is 6.09 Å². The summed E-state index contributed by atoms with van der Waals surface area (Å²) in [5, 5.41) is 1.83. The van der Waals surface area contributed by atoms with Crippen LogP contribution in [-0.2, 0) is 17.6 Å². The van der Waals surface area contributed by atoms with Gasteiger partial charge in [0, 0.05) is 35.6 Å². The van der Waals surface area contributed by atoms with E-state index in [2.05, 4.69) is 6.92 Å². The molecule has 0 spiro atoms. The summed E-state index contributed by atoms with van der Waals surface area (Å²) in [4.78, 5) is 18.5. The predicted molar refractivity (Wildman–Crippen MR) is 94.7 cm³/mol. The van der Waals surface area contributed by atoms with E-state index in [1.165, 1.54) is 11.1 Å². The van der Waals surface area contributed by atoms with Crippen molar-refractivity contribution in [2.45, 2.75) is 26.7 Å². The molecule has 6 heteroatoms. The van der Waals surface area contributed by atoms with Crippen molar-refractivity contribution in [3.05, 3.63) is 40.0 Å². The molecular formula is C17H20Cl2N2O2. The third-order valence-electron chi connectivity index (χ3n) is 4.20. The minimum absolute atomic E-state index is 0. The van der Waals surface area contributed by atoms with Gasteiger partial charge in [-0.3, -0.25) is 4.98 Å². The third-order valence-corrected chi connectivity index (χ3v) is 4.43. The summed E-state index contributed by atoms with van der Waals surface area (Å²) in [7, 11) is 0. The lowest BCUT2D eigenvalue weighted by Gasteiger charge is -2.18. The van der Waals surface area contributed by atoms with Gasteiger partial charge in [0.2, 0.25) is 0 Å². The van der Waals surface area contributed by atoms with Gasteiger partial charge in [-0.25, -0.2) is 4.79 Å². The highest BCUT2D eigenvalue weighted by Crippen LogP contribution is 2.27. The standard InChI is InChI=1S/C17H19ClN2O2.ClH/c1-3-22-17(21)20-8-6-14-11(2)13-5-4-12(18)10-16(13)19-15(14)7-9-20;/h4-5,10H,3,6-9H2,1-2H3;1H. The van der Waals surface area contributed by atoms with Crippen LogP contribution in [0.2, 0.25) is 5.02 Å². The van der Waals surface area contributed by atoms with Crippen LogP contribution in [0.4, 0.5) is 4.79 Å². The van der Waals surface area contributed by atoms with Crippen molar-refractivity contribution in [1.29, 1.82) is 0 Å². The van der Waals surface area contributed by atoms with Crippen molar-refractivity contribution in [3.8, 4) is 0 Å². The smallest absolute Gasteiger partial charge is 0.409 e. The first-order valence-electron chi connectivity index (χ1n) is 7.59. The van der Waals surface area contributed by atoms with Crippen LogP contribution in [0.1, 0.15) is 23.7 Å². The molecule has 0 fully saturated rings. The molecule has 0 bridgehead atoms. The number of benzene rings is 1. The summed E-state index contributed by atoms with van der Waals surface area (Å²) in [5.74, 6) is 0. The van der Waals surface area contributed by atoms with Crippen molar-refractivity contribution >= 4 is 41.0 Å². The minimum atomic E-state index is -0.236. The van der Waals surface area contributed by atoms with Gasteiger partial charge < -0.3 is 9.64 Å². The molecule has 0 aliphatic carbocycles. The van der Waals surface area contributed by atoms with Gasteiger partial charge in [-0.2, -0.15) is 0 Å². The molecular weight excluding hydrogens is 335 g/mol. The molecule has 0 atom stereocenters. The molecule has 0 saturated carbocycles. The number of hydrogen-bond acceptors (Lipinski definition) is 3. The zero-order valence-electron chi connectivity index (χ0n) is 13.3. The van der Waals surface area contributed by atoms with E-state index < -0.39 is 0 Å². The third kappa shape index (κ3) is 3.54. The Hall–Kier alpha value is -1.52. The van der Waals surface area contributed by atoms with E-state index in [9.17, 15) is 4.79 Å². The topological polar surface area (TPSA) is 42.4 Å². The number of fused-ring (bicyclic) bond motifs is 2. The number of ether oxygens (including phenoxy) is 1. The van der Waals surface area contributed by atoms with Gasteiger partial charge in [0.25, 0.3) is 0 Å². The molecule has 0 N–H and O–H groups in total. The molecule has 2 aromatic rings. The molecule has 2 heterocycles. The number of amides is 1. The summed E-state index contributed by atoms with van der Waals surface area (Å²) in [5.41, 5.74) is 4.48. The van der Waals surface area contributed by atoms with E-state index in [4.69, 9.17) is 21.3 Å². The summed E-state index contributed by atoms with van der Waals surface area (Å²) in [6.45, 7) is 5.67. The van der Waals surface area contributed by atoms with Crippen LogP contribution in [0.3, 0.4) is 0 Å². The molecule has 0 unspecified atom stereocenters. The lowest BCUT2D eigenvalue weighted by atomic mass is 9.98. The van der Waals surface area contributed by atoms with Crippen LogP contribution in [0, 0.1) is 6.92 Å². The zero-order valence-corrected chi connectivity index (χ0v) is 14.8. The first kappa shape index (κ1) is 17.8. The van der Waals surface area contributed by atoms with Crippen molar-refractivity contribution in [1.82, 2.24) is 9.88 Å². The quantitative estimate of drug-likeness (QED) is 0.771. The monoisotopic (exact) mass is 354 g/mol. The number of nitrogens with zero attached hydrogens (tertiary/aromatic N) is 2. The Balaban J connectivity index is 0.00000192. The highest BCUT2D eigenvalue weighted by atomic mass is 35.5. The lowest BCUT2D eigenvalue weighted by Crippen LogP contribution is -2.33. The number of halogens is 2. The molecule has 0 radical (unpaired) electrons. The lowest BCUT2D eigenvalue weighted by molar-refractivity contribution is 0.109. The van der Waals surface area contributed by atoms with Crippen molar-refractivity contribution in [2.24, 2.45) is 0 Å². The van der Waals surface area contributed by atoms with E-state index in [-0.39, 0.29) is 18.5 Å². The Morgan fingerprint density at radius 2 is 2.09 bits per heavy atom. The zero-order chi connectivity index (χ0) is 15.7. The Labute approximate surface area is 147 Å². The fourth-order valence-electron chi connectivity index (χ4n) is 3.04. The van der Waals surface area contributed by atoms with E-state index in [1.807, 2.05) is 25.1 Å². The minimum Gasteiger partial charge on any atom is -0.450 e. The maximum atomic E-state index is 11.9. The Morgan fingerprint density at radius 1 is 1.35 bits per heavy atom. The highest BCUT2D eigenvalue weighted by molar-refractivity contribution is 6.31. The highest BCUT2D eigenvalue weighted by Gasteiger charge is 2.22. The maximum absolute atomic E-state index is 11.9. The molecule has 1 aliphatic heterocycles. The first-order valence-corrected chi connectivity index (χ1v) is 7.97. The van der Waals surface area contributed by atoms with Crippen LogP contribution < -0.4 is 0 Å². The van der Waals surface area contributed by atoms with Crippen LogP contribution >= 0.6 is 24.0 Å². The number of aromatic nitrogens is 1. The molecule has 4 nitrogen and oxygen atoms in total. The largest absolute Gasteiger partial charge is 0.450 e. The van der Waals surface area contributed by atoms with Crippen LogP contribution in [-0.4, -0.2) is 35.7 Å². The number of carbonyl (C=O) groups excluding carboxylic acids is 1. The summed E-state index contributed by atoms with van der Waals surface area (Å²) < 4.78 is 5.11. The molecule has 1 aromatic carbocycles. The van der Waals surface area contributed by atoms with Crippen LogP contribution in [0.25, 0.3) is 10.9 Å². The average Bonchev–Trinajstić information content (AvgIpc) is 2.70. The van der Waals surface area contributed by atoms with E-state index >= 15 is 0 Å². The van der Waals surface area contributed by atoms with Gasteiger partial charge in [0.15, 0.2) is 0 Å². The maximum Gasteiger partial charge on any atom is 0.409 e. The van der Waals surface area contributed by atoms with Crippen molar-refractivity contribution in [2.75, 3.05) is 19.7 Å². The van der Waals surface area contributed by atoms with Gasteiger partial charge in [-0.15, -0.1) is 12.4 Å². The SMILES string of the molecule is CCOC(=O)N1CCc2nc3cc(Cl)ccc3c(C)c2CC1.Cl. The van der Waals surface area contributed by atoms with E-state index in [1.54, 1.807) is 4.90 Å². The molecule has 124 valence electrons. The average molecular weight is 355 g/mol. The molecule has 1 aliphatic rings. The number of hydrogen-bond donors (Lipinski definition) is 0.